The van der Waals surface area contributed by atoms with Crippen LogP contribution in [-0.4, -0.2) is 5.91 Å². The zero-order valence-corrected chi connectivity index (χ0v) is 15.4. The fraction of sp³-hybridized carbons (Fsp3) is 0.667. The van der Waals surface area contributed by atoms with E-state index in [9.17, 15) is 4.79 Å². The Morgan fingerprint density at radius 3 is 2.04 bits per heavy atom. The summed E-state index contributed by atoms with van der Waals surface area (Å²) in [5.41, 5.74) is 2.60. The molecule has 0 unspecified atom stereocenters. The van der Waals surface area contributed by atoms with Crippen LogP contribution >= 0.6 is 0 Å². The lowest BCUT2D eigenvalue weighted by molar-refractivity contribution is -0.125. The van der Waals surface area contributed by atoms with Gasteiger partial charge in [0.05, 0.1) is 0 Å². The van der Waals surface area contributed by atoms with E-state index in [0.717, 1.165) is 12.8 Å². The molecule has 1 aromatic rings. The molecule has 1 amide bonds. The van der Waals surface area contributed by atoms with Crippen molar-refractivity contribution >= 4 is 5.91 Å². The average Bonchev–Trinajstić information content (AvgIpc) is 2.58. The summed E-state index contributed by atoms with van der Waals surface area (Å²) in [6, 6.07) is 8.73. The maximum absolute atomic E-state index is 12.0. The van der Waals surface area contributed by atoms with Crippen LogP contribution in [0, 0.1) is 5.92 Å². The Labute approximate surface area is 143 Å². The molecule has 0 aliphatic carbocycles. The van der Waals surface area contributed by atoms with Crippen LogP contribution in [0.2, 0.25) is 0 Å². The van der Waals surface area contributed by atoms with Crippen molar-refractivity contribution in [1.82, 2.24) is 5.32 Å². The van der Waals surface area contributed by atoms with Gasteiger partial charge in [-0.15, -0.1) is 0 Å². The summed E-state index contributed by atoms with van der Waals surface area (Å²) >= 11 is 0. The van der Waals surface area contributed by atoms with Crippen molar-refractivity contribution in [3.63, 3.8) is 0 Å². The number of nitrogens with one attached hydrogen (secondary N) is 1. The first-order chi connectivity index (χ1) is 11.2. The molecule has 0 saturated carbocycles. The number of amides is 1. The summed E-state index contributed by atoms with van der Waals surface area (Å²) in [4.78, 5) is 12.0. The fourth-order valence-corrected chi connectivity index (χ4v) is 2.93. The monoisotopic (exact) mass is 317 g/mol. The second-order valence-electron chi connectivity index (χ2n) is 6.57. The molecule has 0 aliphatic heterocycles. The summed E-state index contributed by atoms with van der Waals surface area (Å²) in [6.45, 7) is 7.05. The van der Waals surface area contributed by atoms with Gasteiger partial charge in [0.2, 0.25) is 5.91 Å². The Kier molecular flexibility index (Phi) is 10.4. The highest BCUT2D eigenvalue weighted by Gasteiger charge is 2.13. The molecule has 1 N–H and O–H groups in total. The second kappa shape index (κ2) is 12.2. The first-order valence-electron chi connectivity index (χ1n) is 9.56. The molecule has 23 heavy (non-hydrogen) atoms. The Morgan fingerprint density at radius 1 is 0.870 bits per heavy atom. The highest BCUT2D eigenvalue weighted by atomic mass is 16.1. The summed E-state index contributed by atoms with van der Waals surface area (Å²) in [5, 5.41) is 3.05. The van der Waals surface area contributed by atoms with Crippen LogP contribution < -0.4 is 5.32 Å². The number of unbranched alkanes of at least 4 members (excludes halogenated alkanes) is 5. The van der Waals surface area contributed by atoms with Crippen molar-refractivity contribution < 1.29 is 4.79 Å². The Bertz CT molecular complexity index is 420. The molecule has 2 heteroatoms. The topological polar surface area (TPSA) is 29.1 Å². The highest BCUT2D eigenvalue weighted by Crippen LogP contribution is 2.12. The third-order valence-corrected chi connectivity index (χ3v) is 4.67. The molecule has 0 aliphatic rings. The molecule has 130 valence electrons. The van der Waals surface area contributed by atoms with Gasteiger partial charge in [0.15, 0.2) is 0 Å². The summed E-state index contributed by atoms with van der Waals surface area (Å²) in [6.07, 6.45) is 11.1. The zero-order chi connectivity index (χ0) is 16.9. The van der Waals surface area contributed by atoms with Crippen molar-refractivity contribution in [2.24, 2.45) is 5.92 Å². The lowest BCUT2D eigenvalue weighted by Gasteiger charge is -2.13. The number of rotatable bonds is 12. The standard InChI is InChI=1S/C21H35NO/c1-4-7-8-9-10-11-12-18-13-15-19(16-14-18)17-22-21(23)20(5-2)6-3/h13-16,20H,4-12,17H2,1-3H3,(H,22,23). The largest absolute Gasteiger partial charge is 0.352 e. The van der Waals surface area contributed by atoms with E-state index in [-0.39, 0.29) is 11.8 Å². The van der Waals surface area contributed by atoms with E-state index in [1.807, 2.05) is 0 Å². The number of aryl methyl sites for hydroxylation is 1. The van der Waals surface area contributed by atoms with E-state index in [4.69, 9.17) is 0 Å². The average molecular weight is 318 g/mol. The number of hydrogen-bond donors (Lipinski definition) is 1. The lowest BCUT2D eigenvalue weighted by atomic mass is 10.0. The number of benzene rings is 1. The molecule has 1 aromatic carbocycles. The summed E-state index contributed by atoms with van der Waals surface area (Å²) < 4.78 is 0. The molecule has 0 spiro atoms. The van der Waals surface area contributed by atoms with Gasteiger partial charge in [0.25, 0.3) is 0 Å². The minimum Gasteiger partial charge on any atom is -0.352 e. The van der Waals surface area contributed by atoms with Crippen LogP contribution in [0.15, 0.2) is 24.3 Å². The normalized spacial score (nSPS) is 11.0. The van der Waals surface area contributed by atoms with Crippen molar-refractivity contribution in [2.45, 2.75) is 85.1 Å². The SMILES string of the molecule is CCCCCCCCc1ccc(CNC(=O)C(CC)CC)cc1. The predicted molar refractivity (Wildman–Crippen MR) is 99.4 cm³/mol. The number of hydrogen-bond acceptors (Lipinski definition) is 1. The Morgan fingerprint density at radius 2 is 1.43 bits per heavy atom. The number of carbonyl (C=O) groups excluding carboxylic acids is 1. The van der Waals surface area contributed by atoms with Gasteiger partial charge >= 0.3 is 0 Å². The van der Waals surface area contributed by atoms with Crippen molar-refractivity contribution in [3.05, 3.63) is 35.4 Å². The molecule has 0 heterocycles. The van der Waals surface area contributed by atoms with E-state index in [0.29, 0.717) is 6.54 Å². The molecule has 0 atom stereocenters. The van der Waals surface area contributed by atoms with E-state index < -0.39 is 0 Å². The lowest BCUT2D eigenvalue weighted by Crippen LogP contribution is -2.29. The molecule has 0 radical (unpaired) electrons. The molecule has 0 fully saturated rings. The van der Waals surface area contributed by atoms with E-state index in [2.05, 4.69) is 50.4 Å². The van der Waals surface area contributed by atoms with Gasteiger partial charge in [0, 0.05) is 12.5 Å². The van der Waals surface area contributed by atoms with Crippen LogP contribution in [0.5, 0.6) is 0 Å². The molecule has 0 aromatic heterocycles. The van der Waals surface area contributed by atoms with Crippen LogP contribution in [0.1, 0.15) is 83.3 Å². The predicted octanol–water partition coefficient (Wildman–Crippen LogP) is 5.64. The maximum Gasteiger partial charge on any atom is 0.223 e. The minimum absolute atomic E-state index is 0.155. The van der Waals surface area contributed by atoms with Gasteiger partial charge in [-0.1, -0.05) is 77.1 Å². The van der Waals surface area contributed by atoms with Gasteiger partial charge in [-0.25, -0.2) is 0 Å². The van der Waals surface area contributed by atoms with Crippen molar-refractivity contribution in [1.29, 1.82) is 0 Å². The van der Waals surface area contributed by atoms with E-state index in [1.54, 1.807) is 0 Å². The van der Waals surface area contributed by atoms with Gasteiger partial charge < -0.3 is 5.32 Å². The first-order valence-corrected chi connectivity index (χ1v) is 9.56. The van der Waals surface area contributed by atoms with Crippen molar-refractivity contribution in [3.8, 4) is 0 Å². The fourth-order valence-electron chi connectivity index (χ4n) is 2.93. The number of carbonyl (C=O) groups is 1. The molecular weight excluding hydrogens is 282 g/mol. The first kappa shape index (κ1) is 19.7. The smallest absolute Gasteiger partial charge is 0.223 e. The van der Waals surface area contributed by atoms with Crippen LogP contribution in [-0.2, 0) is 17.8 Å². The summed E-state index contributed by atoms with van der Waals surface area (Å²) in [7, 11) is 0. The highest BCUT2D eigenvalue weighted by molar-refractivity contribution is 5.78. The third kappa shape index (κ3) is 8.20. The molecular formula is C21H35NO. The van der Waals surface area contributed by atoms with Crippen LogP contribution in [0.3, 0.4) is 0 Å². The van der Waals surface area contributed by atoms with Crippen LogP contribution in [0.25, 0.3) is 0 Å². The maximum atomic E-state index is 12.0. The van der Waals surface area contributed by atoms with E-state index in [1.165, 1.54) is 56.1 Å². The van der Waals surface area contributed by atoms with Gasteiger partial charge in [0.1, 0.15) is 0 Å². The zero-order valence-electron chi connectivity index (χ0n) is 15.4. The summed E-state index contributed by atoms with van der Waals surface area (Å²) in [5.74, 6) is 0.341. The van der Waals surface area contributed by atoms with Crippen molar-refractivity contribution in [2.75, 3.05) is 0 Å². The quantitative estimate of drug-likeness (QED) is 0.496. The third-order valence-electron chi connectivity index (χ3n) is 4.67. The van der Waals surface area contributed by atoms with Gasteiger partial charge in [-0.05, 0) is 36.8 Å². The Hall–Kier alpha value is -1.31. The second-order valence-corrected chi connectivity index (χ2v) is 6.57. The molecule has 2 nitrogen and oxygen atoms in total. The van der Waals surface area contributed by atoms with Gasteiger partial charge in [-0.2, -0.15) is 0 Å². The molecule has 1 rings (SSSR count). The minimum atomic E-state index is 0.155. The Balaban J connectivity index is 2.26. The van der Waals surface area contributed by atoms with Gasteiger partial charge in [-0.3, -0.25) is 4.79 Å². The van der Waals surface area contributed by atoms with Crippen LogP contribution in [0.4, 0.5) is 0 Å². The molecule has 0 bridgehead atoms. The van der Waals surface area contributed by atoms with E-state index >= 15 is 0 Å². The molecule has 0 saturated heterocycles.